The summed E-state index contributed by atoms with van der Waals surface area (Å²) >= 11 is 1.83. The molecule has 0 fully saturated rings. The zero-order valence-electron chi connectivity index (χ0n) is 11.3. The molecule has 0 aromatic heterocycles. The Labute approximate surface area is 123 Å². The minimum absolute atomic E-state index is 0.572. The van der Waals surface area contributed by atoms with E-state index in [1.165, 1.54) is 21.2 Å². The highest BCUT2D eigenvalue weighted by molar-refractivity contribution is 7.99. The highest BCUT2D eigenvalue weighted by atomic mass is 32.2. The molecule has 2 N–H and O–H groups in total. The van der Waals surface area contributed by atoms with E-state index in [1.807, 2.05) is 11.8 Å². The Hall–Kier alpha value is -1.49. The van der Waals surface area contributed by atoms with E-state index in [1.54, 1.807) is 0 Å². The average Bonchev–Trinajstić information content (AvgIpc) is 2.50. The van der Waals surface area contributed by atoms with Gasteiger partial charge in [0.25, 0.3) is 0 Å². The van der Waals surface area contributed by atoms with Crippen LogP contribution in [-0.4, -0.2) is 26.3 Å². The lowest BCUT2D eigenvalue weighted by Gasteiger charge is -2.32. The Morgan fingerprint density at radius 3 is 2.10 bits per heavy atom. The van der Waals surface area contributed by atoms with Crippen LogP contribution in [0.5, 0.6) is 0 Å². The summed E-state index contributed by atoms with van der Waals surface area (Å²) in [7, 11) is 0. The van der Waals surface area contributed by atoms with Gasteiger partial charge in [0, 0.05) is 22.9 Å². The maximum absolute atomic E-state index is 5.54. The van der Waals surface area contributed by atoms with Gasteiger partial charge in [-0.25, -0.2) is 0 Å². The minimum Gasteiger partial charge on any atom is -0.378 e. The zero-order chi connectivity index (χ0) is 13.8. The number of hydrogen-bond acceptors (Lipinski definition) is 4. The third-order valence-electron chi connectivity index (χ3n) is 3.25. The van der Waals surface area contributed by atoms with Crippen LogP contribution in [0.3, 0.4) is 0 Å². The smallest absolute Gasteiger partial charge is 0.0646 e. The second-order valence-corrected chi connectivity index (χ2v) is 5.67. The number of para-hydroxylation sites is 2. The molecule has 3 rings (SSSR count). The number of rotatable bonds is 5. The highest BCUT2D eigenvalue weighted by Crippen LogP contribution is 2.47. The van der Waals surface area contributed by atoms with Gasteiger partial charge >= 0.3 is 0 Å². The predicted molar refractivity (Wildman–Crippen MR) is 83.9 cm³/mol. The van der Waals surface area contributed by atoms with Crippen LogP contribution < -0.4 is 10.6 Å². The van der Waals surface area contributed by atoms with E-state index in [4.69, 9.17) is 10.5 Å². The molecule has 104 valence electrons. The lowest BCUT2D eigenvalue weighted by Crippen LogP contribution is -2.26. The molecule has 20 heavy (non-hydrogen) atoms. The number of benzene rings is 2. The molecule has 1 heterocycles. The van der Waals surface area contributed by atoms with E-state index in [9.17, 15) is 0 Å². The van der Waals surface area contributed by atoms with Gasteiger partial charge in [0.15, 0.2) is 0 Å². The van der Waals surface area contributed by atoms with E-state index in [-0.39, 0.29) is 0 Å². The van der Waals surface area contributed by atoms with Gasteiger partial charge in [-0.2, -0.15) is 0 Å². The summed E-state index contributed by atoms with van der Waals surface area (Å²) in [6.07, 6.45) is 0. The topological polar surface area (TPSA) is 38.5 Å². The van der Waals surface area contributed by atoms with Crippen molar-refractivity contribution in [2.75, 3.05) is 31.2 Å². The third kappa shape index (κ3) is 2.68. The second-order valence-electron chi connectivity index (χ2n) is 4.59. The van der Waals surface area contributed by atoms with Crippen LogP contribution in [0.2, 0.25) is 0 Å². The van der Waals surface area contributed by atoms with Gasteiger partial charge in [-0.3, -0.25) is 0 Å². The summed E-state index contributed by atoms with van der Waals surface area (Å²) in [5, 5.41) is 0. The Morgan fingerprint density at radius 2 is 1.50 bits per heavy atom. The molecule has 0 unspecified atom stereocenters. The molecule has 3 nitrogen and oxygen atoms in total. The first-order valence-corrected chi connectivity index (χ1v) is 7.63. The Bertz CT molecular complexity index is 543. The number of fused-ring (bicyclic) bond motifs is 2. The van der Waals surface area contributed by atoms with Gasteiger partial charge in [0.05, 0.1) is 24.6 Å². The summed E-state index contributed by atoms with van der Waals surface area (Å²) in [5.74, 6) is 0. The first-order chi connectivity index (χ1) is 9.90. The lowest BCUT2D eigenvalue weighted by atomic mass is 10.2. The molecule has 2 aromatic carbocycles. The van der Waals surface area contributed by atoms with Crippen LogP contribution in [0.15, 0.2) is 58.3 Å². The van der Waals surface area contributed by atoms with Crippen LogP contribution in [-0.2, 0) is 4.74 Å². The molecule has 1 aliphatic heterocycles. The van der Waals surface area contributed by atoms with Crippen molar-refractivity contribution in [3.63, 3.8) is 0 Å². The molecule has 0 aliphatic carbocycles. The molecule has 0 saturated carbocycles. The molecule has 1 aliphatic rings. The number of anilines is 2. The standard InChI is InChI=1S/C16H18N2OS/c17-9-11-19-12-10-18-13-5-1-3-7-15(13)20-16-8-4-2-6-14(16)18/h1-8H,9-12,17H2. The van der Waals surface area contributed by atoms with Crippen LogP contribution in [0, 0.1) is 0 Å². The molecule has 4 heteroatoms. The summed E-state index contributed by atoms with van der Waals surface area (Å²) in [6, 6.07) is 17.0. The number of hydrogen-bond donors (Lipinski definition) is 1. The van der Waals surface area contributed by atoms with Gasteiger partial charge in [0.2, 0.25) is 0 Å². The largest absolute Gasteiger partial charge is 0.378 e. The SMILES string of the molecule is NCCOCCN1c2ccccc2Sc2ccccc21. The monoisotopic (exact) mass is 286 g/mol. The predicted octanol–water partition coefficient (Wildman–Crippen LogP) is 3.26. The zero-order valence-corrected chi connectivity index (χ0v) is 12.1. The van der Waals surface area contributed by atoms with Crippen LogP contribution >= 0.6 is 11.8 Å². The quantitative estimate of drug-likeness (QED) is 0.856. The normalized spacial score (nSPS) is 12.9. The van der Waals surface area contributed by atoms with Gasteiger partial charge < -0.3 is 15.4 Å². The van der Waals surface area contributed by atoms with Crippen LogP contribution in [0.25, 0.3) is 0 Å². The minimum atomic E-state index is 0.572. The van der Waals surface area contributed by atoms with Crippen molar-refractivity contribution < 1.29 is 4.74 Å². The van der Waals surface area contributed by atoms with Crippen molar-refractivity contribution in [1.82, 2.24) is 0 Å². The van der Waals surface area contributed by atoms with E-state index in [0.29, 0.717) is 19.8 Å². The molecular weight excluding hydrogens is 268 g/mol. The Balaban J connectivity index is 1.87. The highest BCUT2D eigenvalue weighted by Gasteiger charge is 2.22. The lowest BCUT2D eigenvalue weighted by molar-refractivity contribution is 0.149. The van der Waals surface area contributed by atoms with Crippen LogP contribution in [0.1, 0.15) is 0 Å². The first kappa shape index (κ1) is 13.5. The molecule has 0 spiro atoms. The van der Waals surface area contributed by atoms with Gasteiger partial charge in [-0.15, -0.1) is 0 Å². The molecule has 2 aromatic rings. The maximum atomic E-state index is 5.54. The van der Waals surface area contributed by atoms with E-state index in [0.717, 1.165) is 6.54 Å². The number of nitrogens with two attached hydrogens (primary N) is 1. The summed E-state index contributed by atoms with van der Waals surface area (Å²) in [6.45, 7) is 2.72. The molecule has 0 radical (unpaired) electrons. The van der Waals surface area contributed by atoms with Gasteiger partial charge in [-0.05, 0) is 24.3 Å². The van der Waals surface area contributed by atoms with Crippen molar-refractivity contribution in [3.05, 3.63) is 48.5 Å². The van der Waals surface area contributed by atoms with E-state index in [2.05, 4.69) is 53.4 Å². The fourth-order valence-corrected chi connectivity index (χ4v) is 3.46. The van der Waals surface area contributed by atoms with Crippen molar-refractivity contribution in [2.45, 2.75) is 9.79 Å². The van der Waals surface area contributed by atoms with Crippen molar-refractivity contribution >= 4 is 23.1 Å². The van der Waals surface area contributed by atoms with Crippen molar-refractivity contribution in [2.24, 2.45) is 5.73 Å². The maximum Gasteiger partial charge on any atom is 0.0646 e. The van der Waals surface area contributed by atoms with Gasteiger partial charge in [0.1, 0.15) is 0 Å². The van der Waals surface area contributed by atoms with Gasteiger partial charge in [-0.1, -0.05) is 36.0 Å². The number of nitrogens with zero attached hydrogens (tertiary/aromatic N) is 1. The molecule has 0 saturated heterocycles. The van der Waals surface area contributed by atoms with Crippen molar-refractivity contribution in [3.8, 4) is 0 Å². The molecular formula is C16H18N2OS. The van der Waals surface area contributed by atoms with E-state index >= 15 is 0 Å². The summed E-state index contributed by atoms with van der Waals surface area (Å²) < 4.78 is 5.54. The Morgan fingerprint density at radius 1 is 0.900 bits per heavy atom. The van der Waals surface area contributed by atoms with E-state index < -0.39 is 0 Å². The number of ether oxygens (including phenoxy) is 1. The van der Waals surface area contributed by atoms with Crippen LogP contribution in [0.4, 0.5) is 11.4 Å². The average molecular weight is 286 g/mol. The second kappa shape index (κ2) is 6.31. The Kier molecular flexibility index (Phi) is 4.25. The molecule has 0 bridgehead atoms. The summed E-state index contributed by atoms with van der Waals surface area (Å²) in [5.41, 5.74) is 7.97. The first-order valence-electron chi connectivity index (χ1n) is 6.81. The fourth-order valence-electron chi connectivity index (χ4n) is 2.36. The summed E-state index contributed by atoms with van der Waals surface area (Å²) in [4.78, 5) is 4.92. The third-order valence-corrected chi connectivity index (χ3v) is 4.38. The molecule has 0 amide bonds. The molecule has 0 atom stereocenters. The fraction of sp³-hybridized carbons (Fsp3) is 0.250. The van der Waals surface area contributed by atoms with Crippen molar-refractivity contribution in [1.29, 1.82) is 0 Å².